The van der Waals surface area contributed by atoms with Crippen molar-refractivity contribution >= 4 is 33.8 Å². The van der Waals surface area contributed by atoms with Crippen molar-refractivity contribution in [3.8, 4) is 5.69 Å². The summed E-state index contributed by atoms with van der Waals surface area (Å²) in [6.07, 6.45) is 0.978. The molecule has 19 heavy (non-hydrogen) atoms. The number of hydrogen-bond donors (Lipinski definition) is 1. The van der Waals surface area contributed by atoms with Crippen molar-refractivity contribution in [3.05, 3.63) is 56.4 Å². The van der Waals surface area contributed by atoms with Crippen molar-refractivity contribution in [1.29, 1.82) is 0 Å². The van der Waals surface area contributed by atoms with Gasteiger partial charge in [-0.2, -0.15) is 0 Å². The third kappa shape index (κ3) is 2.05. The zero-order valence-electron chi connectivity index (χ0n) is 10.3. The van der Waals surface area contributed by atoms with Gasteiger partial charge in [0.15, 0.2) is 4.77 Å². The van der Waals surface area contributed by atoms with Crippen LogP contribution in [0, 0.1) is 4.77 Å². The molecule has 5 heteroatoms. The van der Waals surface area contributed by atoms with Gasteiger partial charge >= 0.3 is 0 Å². The molecule has 0 unspecified atom stereocenters. The molecule has 0 spiro atoms. The number of nitrogens with zero attached hydrogens (tertiary/aromatic N) is 1. The molecule has 0 aliphatic rings. The molecule has 0 aliphatic carbocycles. The fraction of sp³-hybridized carbons (Fsp3) is 0.143. The zero-order chi connectivity index (χ0) is 13.4. The van der Waals surface area contributed by atoms with Crippen LogP contribution in [0.25, 0.3) is 15.9 Å². The Morgan fingerprint density at radius 3 is 2.68 bits per heavy atom. The van der Waals surface area contributed by atoms with Crippen LogP contribution < -0.4 is 5.56 Å². The molecule has 0 bridgehead atoms. The molecule has 0 aliphatic heterocycles. The van der Waals surface area contributed by atoms with Crippen molar-refractivity contribution in [2.75, 3.05) is 0 Å². The van der Waals surface area contributed by atoms with E-state index in [4.69, 9.17) is 12.2 Å². The van der Waals surface area contributed by atoms with Crippen LogP contribution in [-0.2, 0) is 6.42 Å². The van der Waals surface area contributed by atoms with Crippen LogP contribution in [0.5, 0.6) is 0 Å². The van der Waals surface area contributed by atoms with Crippen LogP contribution in [0.15, 0.2) is 40.5 Å². The normalized spacial score (nSPS) is 11.0. The lowest BCUT2D eigenvalue weighted by Crippen LogP contribution is -2.19. The van der Waals surface area contributed by atoms with E-state index < -0.39 is 0 Å². The molecule has 0 saturated carbocycles. The first-order chi connectivity index (χ1) is 9.20. The maximum atomic E-state index is 12.4. The number of aromatic amines is 1. The van der Waals surface area contributed by atoms with Crippen LogP contribution >= 0.6 is 23.6 Å². The van der Waals surface area contributed by atoms with Gasteiger partial charge in [0, 0.05) is 0 Å². The summed E-state index contributed by atoms with van der Waals surface area (Å²) in [5.74, 6) is 0. The number of hydrogen-bond acceptors (Lipinski definition) is 3. The van der Waals surface area contributed by atoms with Gasteiger partial charge in [-0.3, -0.25) is 9.36 Å². The monoisotopic (exact) mass is 288 g/mol. The molecular formula is C14H12N2OS2. The molecule has 2 heterocycles. The Labute approximate surface area is 119 Å². The molecule has 0 saturated heterocycles. The molecule has 0 radical (unpaired) electrons. The van der Waals surface area contributed by atoms with E-state index in [1.807, 2.05) is 35.7 Å². The van der Waals surface area contributed by atoms with Gasteiger partial charge < -0.3 is 4.98 Å². The quantitative estimate of drug-likeness (QED) is 0.731. The van der Waals surface area contributed by atoms with Crippen LogP contribution in [0.3, 0.4) is 0 Å². The molecule has 0 atom stereocenters. The Kier molecular flexibility index (Phi) is 3.08. The SMILES string of the molecule is CCc1ccc(-n2c(=S)[nH]c3sccc3c2=O)cc1. The second-order valence-electron chi connectivity index (χ2n) is 4.25. The molecule has 1 aromatic carbocycles. The first-order valence-electron chi connectivity index (χ1n) is 6.02. The Hall–Kier alpha value is -1.72. The number of fused-ring (bicyclic) bond motifs is 1. The summed E-state index contributed by atoms with van der Waals surface area (Å²) >= 11 is 6.78. The predicted octanol–water partition coefficient (Wildman–Crippen LogP) is 3.67. The number of aryl methyl sites for hydroxylation is 1. The molecule has 0 fully saturated rings. The molecular weight excluding hydrogens is 276 g/mol. The van der Waals surface area contributed by atoms with Crippen molar-refractivity contribution in [3.63, 3.8) is 0 Å². The molecule has 1 N–H and O–H groups in total. The van der Waals surface area contributed by atoms with Gasteiger partial charge in [0.25, 0.3) is 5.56 Å². The lowest BCUT2D eigenvalue weighted by Gasteiger charge is -2.07. The topological polar surface area (TPSA) is 37.8 Å². The summed E-state index contributed by atoms with van der Waals surface area (Å²) in [6.45, 7) is 2.10. The van der Waals surface area contributed by atoms with E-state index in [1.54, 1.807) is 4.57 Å². The van der Waals surface area contributed by atoms with Gasteiger partial charge in [-0.1, -0.05) is 19.1 Å². The van der Waals surface area contributed by atoms with E-state index in [2.05, 4.69) is 11.9 Å². The number of nitrogens with one attached hydrogen (secondary N) is 1. The lowest BCUT2D eigenvalue weighted by atomic mass is 10.1. The van der Waals surface area contributed by atoms with E-state index in [-0.39, 0.29) is 5.56 Å². The average Bonchev–Trinajstić information content (AvgIpc) is 2.88. The third-order valence-electron chi connectivity index (χ3n) is 3.13. The highest BCUT2D eigenvalue weighted by Crippen LogP contribution is 2.16. The maximum Gasteiger partial charge on any atom is 0.267 e. The van der Waals surface area contributed by atoms with Crippen molar-refractivity contribution in [2.24, 2.45) is 0 Å². The lowest BCUT2D eigenvalue weighted by molar-refractivity contribution is 0.941. The predicted molar refractivity (Wildman–Crippen MR) is 82.0 cm³/mol. The number of rotatable bonds is 2. The largest absolute Gasteiger partial charge is 0.323 e. The van der Waals surface area contributed by atoms with Crippen LogP contribution in [0.1, 0.15) is 12.5 Å². The minimum Gasteiger partial charge on any atom is -0.323 e. The molecule has 3 nitrogen and oxygen atoms in total. The first-order valence-corrected chi connectivity index (χ1v) is 7.31. The second kappa shape index (κ2) is 4.75. The van der Waals surface area contributed by atoms with Crippen LogP contribution in [0.2, 0.25) is 0 Å². The summed E-state index contributed by atoms with van der Waals surface area (Å²) in [5.41, 5.74) is 1.98. The number of thiophene rings is 1. The van der Waals surface area contributed by atoms with Crippen LogP contribution in [-0.4, -0.2) is 9.55 Å². The Morgan fingerprint density at radius 1 is 1.26 bits per heavy atom. The smallest absolute Gasteiger partial charge is 0.267 e. The Balaban J connectivity index is 2.29. The Morgan fingerprint density at radius 2 is 2.00 bits per heavy atom. The first kappa shape index (κ1) is 12.3. The van der Waals surface area contributed by atoms with E-state index in [0.29, 0.717) is 10.2 Å². The van der Waals surface area contributed by atoms with Gasteiger partial charge in [0.05, 0.1) is 11.1 Å². The highest BCUT2D eigenvalue weighted by molar-refractivity contribution is 7.71. The highest BCUT2D eigenvalue weighted by Gasteiger charge is 2.08. The van der Waals surface area contributed by atoms with Crippen molar-refractivity contribution < 1.29 is 0 Å². The second-order valence-corrected chi connectivity index (χ2v) is 5.56. The van der Waals surface area contributed by atoms with Crippen molar-refractivity contribution in [1.82, 2.24) is 9.55 Å². The number of aromatic nitrogens is 2. The number of H-pyrrole nitrogens is 1. The zero-order valence-corrected chi connectivity index (χ0v) is 12.0. The van der Waals surface area contributed by atoms with Gasteiger partial charge in [-0.15, -0.1) is 11.3 Å². The van der Waals surface area contributed by atoms with E-state index in [9.17, 15) is 4.79 Å². The third-order valence-corrected chi connectivity index (χ3v) is 4.24. The molecule has 3 rings (SSSR count). The van der Waals surface area contributed by atoms with E-state index in [0.717, 1.165) is 16.9 Å². The highest BCUT2D eigenvalue weighted by atomic mass is 32.1. The molecule has 96 valence electrons. The fourth-order valence-corrected chi connectivity index (χ4v) is 3.19. The minimum absolute atomic E-state index is 0.0655. The molecule has 3 aromatic rings. The van der Waals surface area contributed by atoms with Gasteiger partial charge in [0.1, 0.15) is 4.83 Å². The summed E-state index contributed by atoms with van der Waals surface area (Å²) in [4.78, 5) is 16.4. The standard InChI is InChI=1S/C14H12N2OS2/c1-2-9-3-5-10(6-4-9)16-13(17)11-7-8-19-12(11)15-14(16)18/h3-8H,2H2,1H3,(H,15,18). The molecule has 2 aromatic heterocycles. The van der Waals surface area contributed by atoms with Gasteiger partial charge in [0.2, 0.25) is 0 Å². The van der Waals surface area contributed by atoms with E-state index >= 15 is 0 Å². The minimum atomic E-state index is -0.0655. The molecule has 0 amide bonds. The summed E-state index contributed by atoms with van der Waals surface area (Å²) in [6, 6.07) is 9.73. The van der Waals surface area contributed by atoms with Crippen molar-refractivity contribution in [2.45, 2.75) is 13.3 Å². The average molecular weight is 288 g/mol. The fourth-order valence-electron chi connectivity index (χ4n) is 2.06. The Bertz CT molecular complexity index is 840. The number of benzene rings is 1. The van der Waals surface area contributed by atoms with E-state index in [1.165, 1.54) is 16.9 Å². The summed E-state index contributed by atoms with van der Waals surface area (Å²) < 4.78 is 1.98. The van der Waals surface area contributed by atoms with Crippen LogP contribution in [0.4, 0.5) is 0 Å². The summed E-state index contributed by atoms with van der Waals surface area (Å²) in [7, 11) is 0. The maximum absolute atomic E-state index is 12.4. The van der Waals surface area contributed by atoms with Gasteiger partial charge in [-0.05, 0) is 47.8 Å². The summed E-state index contributed by atoms with van der Waals surface area (Å²) in [5, 5.41) is 2.57. The van der Waals surface area contributed by atoms with Gasteiger partial charge in [-0.25, -0.2) is 0 Å².